The number of ether oxygens (including phenoxy) is 2. The van der Waals surface area contributed by atoms with Crippen LogP contribution in [0, 0.1) is 5.92 Å². The second kappa shape index (κ2) is 9.01. The van der Waals surface area contributed by atoms with Gasteiger partial charge in [-0.15, -0.1) is 0 Å². The number of fused-ring (bicyclic) bond motifs is 1. The van der Waals surface area contributed by atoms with Crippen LogP contribution in [0.4, 0.5) is 0 Å². The highest BCUT2D eigenvalue weighted by Crippen LogP contribution is 2.44. The molecule has 1 heterocycles. The fourth-order valence-corrected chi connectivity index (χ4v) is 5.68. The van der Waals surface area contributed by atoms with Crippen LogP contribution < -0.4 is 4.74 Å². The standard InChI is InChI=1S/C25H29Cl2NO3/c1-25(2)14-17(24(29)30-3)11-12-28(25)23-10-7-16-13-18(8-9-19(16)23)31-15-20-21(26)5-4-6-22(20)27/h4-6,8-9,13,17,23H,7,10-12,14-15H2,1-3H3. The normalized spacial score (nSPS) is 22.7. The molecule has 166 valence electrons. The summed E-state index contributed by atoms with van der Waals surface area (Å²) in [6.07, 6.45) is 3.78. The molecular formula is C25H29Cl2NO3. The van der Waals surface area contributed by atoms with E-state index in [1.165, 1.54) is 18.2 Å². The number of piperidine rings is 1. The molecular weight excluding hydrogens is 433 g/mol. The molecule has 0 saturated carbocycles. The summed E-state index contributed by atoms with van der Waals surface area (Å²) in [5.74, 6) is 0.739. The van der Waals surface area contributed by atoms with Crippen molar-refractivity contribution in [2.75, 3.05) is 13.7 Å². The van der Waals surface area contributed by atoms with Gasteiger partial charge >= 0.3 is 5.97 Å². The van der Waals surface area contributed by atoms with Crippen molar-refractivity contribution in [3.8, 4) is 5.75 Å². The van der Waals surface area contributed by atoms with Gasteiger partial charge in [-0.2, -0.15) is 0 Å². The van der Waals surface area contributed by atoms with E-state index in [1.54, 1.807) is 0 Å². The van der Waals surface area contributed by atoms with Gasteiger partial charge in [0, 0.05) is 33.7 Å². The topological polar surface area (TPSA) is 38.8 Å². The zero-order valence-corrected chi connectivity index (χ0v) is 19.8. The number of carbonyl (C=O) groups is 1. The van der Waals surface area contributed by atoms with E-state index in [0.717, 1.165) is 43.5 Å². The fraction of sp³-hybridized carbons (Fsp3) is 0.480. The van der Waals surface area contributed by atoms with Crippen molar-refractivity contribution in [3.05, 3.63) is 63.1 Å². The molecule has 2 aliphatic rings. The average Bonchev–Trinajstić information content (AvgIpc) is 3.15. The molecule has 0 radical (unpaired) electrons. The van der Waals surface area contributed by atoms with E-state index in [1.807, 2.05) is 24.3 Å². The first-order chi connectivity index (χ1) is 14.8. The Hall–Kier alpha value is -1.75. The van der Waals surface area contributed by atoms with Crippen LogP contribution in [-0.2, 0) is 22.6 Å². The Kier molecular flexibility index (Phi) is 6.52. The van der Waals surface area contributed by atoms with Crippen LogP contribution in [0.5, 0.6) is 5.75 Å². The van der Waals surface area contributed by atoms with E-state index in [4.69, 9.17) is 32.7 Å². The second-order valence-electron chi connectivity index (χ2n) is 9.12. The van der Waals surface area contributed by atoms with Gasteiger partial charge in [0.05, 0.1) is 13.0 Å². The number of likely N-dealkylation sites (tertiary alicyclic amines) is 1. The summed E-state index contributed by atoms with van der Waals surface area (Å²) in [4.78, 5) is 14.6. The van der Waals surface area contributed by atoms with Crippen molar-refractivity contribution in [1.82, 2.24) is 4.90 Å². The Balaban J connectivity index is 1.47. The molecule has 0 N–H and O–H groups in total. The lowest BCUT2D eigenvalue weighted by molar-refractivity contribution is -0.149. The second-order valence-corrected chi connectivity index (χ2v) is 9.94. The maximum atomic E-state index is 12.1. The number of hydrogen-bond donors (Lipinski definition) is 0. The highest BCUT2D eigenvalue weighted by atomic mass is 35.5. The van der Waals surface area contributed by atoms with Gasteiger partial charge in [-0.1, -0.05) is 35.3 Å². The summed E-state index contributed by atoms with van der Waals surface area (Å²) in [6, 6.07) is 12.2. The van der Waals surface area contributed by atoms with Crippen LogP contribution >= 0.6 is 23.2 Å². The number of benzene rings is 2. The van der Waals surface area contributed by atoms with E-state index < -0.39 is 0 Å². The molecule has 2 aromatic carbocycles. The first-order valence-corrected chi connectivity index (χ1v) is 11.6. The molecule has 31 heavy (non-hydrogen) atoms. The van der Waals surface area contributed by atoms with Gasteiger partial charge in [0.15, 0.2) is 0 Å². The van der Waals surface area contributed by atoms with Crippen LogP contribution in [0.15, 0.2) is 36.4 Å². The average molecular weight is 462 g/mol. The molecule has 2 unspecified atom stereocenters. The van der Waals surface area contributed by atoms with Gasteiger partial charge in [-0.3, -0.25) is 9.69 Å². The Morgan fingerprint density at radius 3 is 2.58 bits per heavy atom. The molecule has 1 fully saturated rings. The van der Waals surface area contributed by atoms with Crippen molar-refractivity contribution in [1.29, 1.82) is 0 Å². The number of esters is 1. The van der Waals surface area contributed by atoms with Gasteiger partial charge < -0.3 is 9.47 Å². The summed E-state index contributed by atoms with van der Waals surface area (Å²) >= 11 is 12.5. The molecule has 4 nitrogen and oxygen atoms in total. The number of halogens is 2. The van der Waals surface area contributed by atoms with Crippen molar-refractivity contribution in [2.24, 2.45) is 5.92 Å². The minimum absolute atomic E-state index is 0.00969. The molecule has 6 heteroatoms. The first kappa shape index (κ1) is 22.4. The van der Waals surface area contributed by atoms with Gasteiger partial charge in [0.25, 0.3) is 0 Å². The predicted molar refractivity (Wildman–Crippen MR) is 124 cm³/mol. The molecule has 1 aliphatic heterocycles. The lowest BCUT2D eigenvalue weighted by Crippen LogP contribution is -2.52. The Labute approximate surface area is 194 Å². The third kappa shape index (κ3) is 4.57. The molecule has 0 bridgehead atoms. The summed E-state index contributed by atoms with van der Waals surface area (Å²) in [5.41, 5.74) is 3.45. The van der Waals surface area contributed by atoms with E-state index in [0.29, 0.717) is 22.7 Å². The number of carbonyl (C=O) groups excluding carboxylic acids is 1. The number of rotatable bonds is 5. The Bertz CT molecular complexity index is 955. The smallest absolute Gasteiger partial charge is 0.308 e. The minimum atomic E-state index is -0.0834. The zero-order valence-electron chi connectivity index (χ0n) is 18.3. The largest absolute Gasteiger partial charge is 0.489 e. The zero-order chi connectivity index (χ0) is 22.2. The van der Waals surface area contributed by atoms with Crippen LogP contribution in [-0.4, -0.2) is 30.1 Å². The fourth-order valence-electron chi connectivity index (χ4n) is 5.18. The third-order valence-corrected chi connectivity index (χ3v) is 7.47. The maximum Gasteiger partial charge on any atom is 0.308 e. The molecule has 1 saturated heterocycles. The van der Waals surface area contributed by atoms with Gasteiger partial charge in [0.1, 0.15) is 12.4 Å². The first-order valence-electron chi connectivity index (χ1n) is 10.8. The number of hydrogen-bond acceptors (Lipinski definition) is 4. The van der Waals surface area contributed by atoms with Crippen LogP contribution in [0.3, 0.4) is 0 Å². The SMILES string of the molecule is COC(=O)C1CCN(C2CCc3cc(OCc4c(Cl)cccc4Cl)ccc32)C(C)(C)C1. The van der Waals surface area contributed by atoms with Crippen LogP contribution in [0.25, 0.3) is 0 Å². The van der Waals surface area contributed by atoms with Gasteiger partial charge in [-0.25, -0.2) is 0 Å². The molecule has 0 spiro atoms. The van der Waals surface area contributed by atoms with Gasteiger partial charge in [0.2, 0.25) is 0 Å². The molecule has 4 rings (SSSR count). The summed E-state index contributed by atoms with van der Waals surface area (Å²) in [5, 5.41) is 1.23. The van der Waals surface area contributed by atoms with E-state index in [2.05, 4.69) is 30.9 Å². The quantitative estimate of drug-likeness (QED) is 0.495. The summed E-state index contributed by atoms with van der Waals surface area (Å²) in [7, 11) is 1.48. The minimum Gasteiger partial charge on any atom is -0.489 e. The van der Waals surface area contributed by atoms with Gasteiger partial charge in [-0.05, 0) is 74.9 Å². The molecule has 2 aromatic rings. The van der Waals surface area contributed by atoms with Crippen molar-refractivity contribution in [2.45, 2.75) is 57.7 Å². The highest BCUT2D eigenvalue weighted by molar-refractivity contribution is 6.35. The Morgan fingerprint density at radius 2 is 1.90 bits per heavy atom. The monoisotopic (exact) mass is 461 g/mol. The highest BCUT2D eigenvalue weighted by Gasteiger charge is 2.43. The van der Waals surface area contributed by atoms with E-state index in [9.17, 15) is 4.79 Å². The number of nitrogens with zero attached hydrogens (tertiary/aromatic N) is 1. The van der Waals surface area contributed by atoms with Crippen molar-refractivity contribution >= 4 is 29.2 Å². The Morgan fingerprint density at radius 1 is 1.16 bits per heavy atom. The molecule has 0 amide bonds. The van der Waals surface area contributed by atoms with Crippen molar-refractivity contribution in [3.63, 3.8) is 0 Å². The maximum absolute atomic E-state index is 12.1. The van der Waals surface area contributed by atoms with Crippen molar-refractivity contribution < 1.29 is 14.3 Å². The number of aryl methyl sites for hydroxylation is 1. The molecule has 1 aliphatic carbocycles. The summed E-state index contributed by atoms with van der Waals surface area (Å²) < 4.78 is 11.0. The molecule has 0 aromatic heterocycles. The summed E-state index contributed by atoms with van der Waals surface area (Å²) in [6.45, 7) is 5.73. The lowest BCUT2D eigenvalue weighted by Gasteiger charge is -2.48. The third-order valence-electron chi connectivity index (χ3n) is 6.76. The van der Waals surface area contributed by atoms with Crippen LogP contribution in [0.1, 0.15) is 55.8 Å². The van der Waals surface area contributed by atoms with Crippen LogP contribution in [0.2, 0.25) is 10.0 Å². The molecule has 2 atom stereocenters. The lowest BCUT2D eigenvalue weighted by atomic mass is 9.81. The number of methoxy groups -OCH3 is 1. The predicted octanol–water partition coefficient (Wildman–Crippen LogP) is 6.22. The van der Waals surface area contributed by atoms with E-state index >= 15 is 0 Å². The van der Waals surface area contributed by atoms with E-state index in [-0.39, 0.29) is 17.4 Å².